The molecule has 3 unspecified atom stereocenters. The van der Waals surface area contributed by atoms with Gasteiger partial charge >= 0.3 is 0 Å². The van der Waals surface area contributed by atoms with Crippen molar-refractivity contribution in [1.29, 1.82) is 0 Å². The fourth-order valence-corrected chi connectivity index (χ4v) is 2.42. The third-order valence-electron chi connectivity index (χ3n) is 3.42. The fraction of sp³-hybridized carbons (Fsp3) is 1.00. The van der Waals surface area contributed by atoms with Crippen molar-refractivity contribution in [2.45, 2.75) is 52.3 Å². The van der Waals surface area contributed by atoms with Gasteiger partial charge in [-0.25, -0.2) is 0 Å². The molecule has 0 amide bonds. The van der Waals surface area contributed by atoms with Crippen molar-refractivity contribution < 1.29 is 4.74 Å². The molecule has 0 saturated carbocycles. The second-order valence-corrected chi connectivity index (χ2v) is 4.95. The standard InChI is InChI=1S/C12H26N2O/c1-5-11-8-15-10(4)7-14(11)12(6-13)9(2)3/h9-12H,5-8,13H2,1-4H3. The van der Waals surface area contributed by atoms with Crippen LogP contribution >= 0.6 is 0 Å². The van der Waals surface area contributed by atoms with Gasteiger partial charge in [0.1, 0.15) is 0 Å². The van der Waals surface area contributed by atoms with Gasteiger partial charge in [-0.05, 0) is 19.3 Å². The van der Waals surface area contributed by atoms with E-state index in [1.165, 1.54) is 0 Å². The van der Waals surface area contributed by atoms with Crippen LogP contribution in [0.1, 0.15) is 34.1 Å². The van der Waals surface area contributed by atoms with Gasteiger partial charge in [0, 0.05) is 25.2 Å². The summed E-state index contributed by atoms with van der Waals surface area (Å²) in [5, 5.41) is 0. The lowest BCUT2D eigenvalue weighted by atomic mass is 9.98. The molecule has 1 heterocycles. The molecule has 0 aliphatic carbocycles. The molecule has 1 rings (SSSR count). The second-order valence-electron chi connectivity index (χ2n) is 4.95. The van der Waals surface area contributed by atoms with Gasteiger partial charge in [-0.2, -0.15) is 0 Å². The van der Waals surface area contributed by atoms with Crippen LogP contribution in [0.3, 0.4) is 0 Å². The molecule has 90 valence electrons. The quantitative estimate of drug-likeness (QED) is 0.770. The van der Waals surface area contributed by atoms with Crippen molar-refractivity contribution in [3.05, 3.63) is 0 Å². The smallest absolute Gasteiger partial charge is 0.0674 e. The largest absolute Gasteiger partial charge is 0.376 e. The number of nitrogens with zero attached hydrogens (tertiary/aromatic N) is 1. The number of hydrogen-bond donors (Lipinski definition) is 1. The fourth-order valence-electron chi connectivity index (χ4n) is 2.42. The summed E-state index contributed by atoms with van der Waals surface area (Å²) in [4.78, 5) is 2.55. The van der Waals surface area contributed by atoms with E-state index in [2.05, 4.69) is 32.6 Å². The number of hydrogen-bond acceptors (Lipinski definition) is 3. The van der Waals surface area contributed by atoms with Crippen LogP contribution in [0.4, 0.5) is 0 Å². The van der Waals surface area contributed by atoms with Crippen LogP contribution < -0.4 is 5.73 Å². The Kier molecular flexibility index (Phi) is 5.03. The first-order valence-corrected chi connectivity index (χ1v) is 6.17. The maximum absolute atomic E-state index is 5.88. The first-order chi connectivity index (χ1) is 7.10. The van der Waals surface area contributed by atoms with Gasteiger partial charge in [-0.15, -0.1) is 0 Å². The Morgan fingerprint density at radius 3 is 2.60 bits per heavy atom. The van der Waals surface area contributed by atoms with Crippen molar-refractivity contribution in [3.8, 4) is 0 Å². The van der Waals surface area contributed by atoms with Crippen molar-refractivity contribution in [3.63, 3.8) is 0 Å². The zero-order valence-electron chi connectivity index (χ0n) is 10.6. The summed E-state index contributed by atoms with van der Waals surface area (Å²) in [6.45, 7) is 11.5. The maximum atomic E-state index is 5.88. The molecule has 15 heavy (non-hydrogen) atoms. The van der Waals surface area contributed by atoms with Crippen molar-refractivity contribution in [2.24, 2.45) is 11.7 Å². The van der Waals surface area contributed by atoms with Crippen LogP contribution in [0.15, 0.2) is 0 Å². The predicted octanol–water partition coefficient (Wildman–Crippen LogP) is 1.47. The Hall–Kier alpha value is -0.120. The molecule has 3 nitrogen and oxygen atoms in total. The zero-order valence-corrected chi connectivity index (χ0v) is 10.6. The predicted molar refractivity (Wildman–Crippen MR) is 63.9 cm³/mol. The number of morpholine rings is 1. The van der Waals surface area contributed by atoms with Gasteiger partial charge in [0.25, 0.3) is 0 Å². The van der Waals surface area contributed by atoms with Crippen molar-refractivity contribution >= 4 is 0 Å². The van der Waals surface area contributed by atoms with Gasteiger partial charge in [-0.3, -0.25) is 4.90 Å². The molecule has 3 heteroatoms. The van der Waals surface area contributed by atoms with Crippen LogP contribution in [0, 0.1) is 5.92 Å². The molecule has 1 aliphatic heterocycles. The van der Waals surface area contributed by atoms with E-state index in [0.29, 0.717) is 24.1 Å². The van der Waals surface area contributed by atoms with E-state index in [1.54, 1.807) is 0 Å². The summed E-state index contributed by atoms with van der Waals surface area (Å²) in [6.07, 6.45) is 1.50. The van der Waals surface area contributed by atoms with E-state index in [-0.39, 0.29) is 0 Å². The second kappa shape index (κ2) is 5.83. The summed E-state index contributed by atoms with van der Waals surface area (Å²) in [5.74, 6) is 0.620. The van der Waals surface area contributed by atoms with E-state index >= 15 is 0 Å². The minimum atomic E-state index is 0.348. The molecule has 3 atom stereocenters. The third kappa shape index (κ3) is 3.16. The SMILES string of the molecule is CCC1COC(C)CN1C(CN)C(C)C. The van der Waals surface area contributed by atoms with Gasteiger partial charge in [0.15, 0.2) is 0 Å². The Bertz CT molecular complexity index is 184. The van der Waals surface area contributed by atoms with Gasteiger partial charge in [-0.1, -0.05) is 20.8 Å². The Morgan fingerprint density at radius 1 is 1.47 bits per heavy atom. The topological polar surface area (TPSA) is 38.5 Å². The highest BCUT2D eigenvalue weighted by Crippen LogP contribution is 2.20. The monoisotopic (exact) mass is 214 g/mol. The number of rotatable bonds is 4. The van der Waals surface area contributed by atoms with Crippen LogP contribution in [0.25, 0.3) is 0 Å². The minimum absolute atomic E-state index is 0.348. The van der Waals surface area contributed by atoms with Gasteiger partial charge < -0.3 is 10.5 Å². The molecular formula is C12H26N2O. The highest BCUT2D eigenvalue weighted by molar-refractivity contribution is 4.85. The van der Waals surface area contributed by atoms with Crippen LogP contribution in [0.5, 0.6) is 0 Å². The van der Waals surface area contributed by atoms with Gasteiger partial charge in [0.2, 0.25) is 0 Å². The lowest BCUT2D eigenvalue weighted by Gasteiger charge is -2.44. The van der Waals surface area contributed by atoms with E-state index in [9.17, 15) is 0 Å². The lowest BCUT2D eigenvalue weighted by Crippen LogP contribution is -2.56. The average Bonchev–Trinajstić information content (AvgIpc) is 2.18. The normalized spacial score (nSPS) is 30.8. The molecule has 2 N–H and O–H groups in total. The van der Waals surface area contributed by atoms with E-state index in [4.69, 9.17) is 10.5 Å². The third-order valence-corrected chi connectivity index (χ3v) is 3.42. The van der Waals surface area contributed by atoms with Crippen molar-refractivity contribution in [1.82, 2.24) is 4.90 Å². The summed E-state index contributed by atoms with van der Waals surface area (Å²) in [6, 6.07) is 1.05. The molecule has 0 radical (unpaired) electrons. The Labute approximate surface area is 94.0 Å². The molecule has 1 saturated heterocycles. The van der Waals surface area contributed by atoms with E-state index in [0.717, 1.165) is 26.1 Å². The van der Waals surface area contributed by atoms with E-state index in [1.807, 2.05) is 0 Å². The summed E-state index contributed by atoms with van der Waals surface area (Å²) in [7, 11) is 0. The highest BCUT2D eigenvalue weighted by Gasteiger charge is 2.31. The highest BCUT2D eigenvalue weighted by atomic mass is 16.5. The number of nitrogens with two attached hydrogens (primary N) is 1. The number of ether oxygens (including phenoxy) is 1. The molecule has 1 aliphatic rings. The Balaban J connectivity index is 2.68. The van der Waals surface area contributed by atoms with Gasteiger partial charge in [0.05, 0.1) is 12.7 Å². The molecule has 0 aromatic heterocycles. The zero-order chi connectivity index (χ0) is 11.4. The maximum Gasteiger partial charge on any atom is 0.0674 e. The first kappa shape index (κ1) is 12.9. The minimum Gasteiger partial charge on any atom is -0.376 e. The van der Waals surface area contributed by atoms with E-state index < -0.39 is 0 Å². The van der Waals surface area contributed by atoms with Crippen LogP contribution in [-0.2, 0) is 4.74 Å². The van der Waals surface area contributed by atoms with Crippen LogP contribution in [-0.4, -0.2) is 42.8 Å². The molecule has 0 bridgehead atoms. The summed E-state index contributed by atoms with van der Waals surface area (Å²) >= 11 is 0. The molecule has 0 spiro atoms. The molecular weight excluding hydrogens is 188 g/mol. The van der Waals surface area contributed by atoms with Crippen LogP contribution in [0.2, 0.25) is 0 Å². The average molecular weight is 214 g/mol. The molecule has 0 aromatic rings. The lowest BCUT2D eigenvalue weighted by molar-refractivity contribution is -0.0776. The summed E-state index contributed by atoms with van der Waals surface area (Å²) < 4.78 is 5.70. The summed E-state index contributed by atoms with van der Waals surface area (Å²) in [5.41, 5.74) is 5.88. The van der Waals surface area contributed by atoms with Crippen molar-refractivity contribution in [2.75, 3.05) is 19.7 Å². The first-order valence-electron chi connectivity index (χ1n) is 6.17. The molecule has 0 aromatic carbocycles. The molecule has 1 fully saturated rings. The Morgan fingerprint density at radius 2 is 2.13 bits per heavy atom.